The molecule has 22 heavy (non-hydrogen) atoms. The number of aliphatic hydroxyl groups is 1. The second-order valence-corrected chi connectivity index (χ2v) is 5.55. The van der Waals surface area contributed by atoms with Crippen LogP contribution in [-0.4, -0.2) is 17.8 Å². The Balaban J connectivity index is 1.67. The van der Waals surface area contributed by atoms with Gasteiger partial charge in [0.25, 0.3) is 0 Å². The van der Waals surface area contributed by atoms with E-state index in [2.05, 4.69) is 36.1 Å². The number of hydrogen-bond donors (Lipinski definition) is 1. The Labute approximate surface area is 131 Å². The van der Waals surface area contributed by atoms with Gasteiger partial charge in [-0.05, 0) is 54.7 Å². The highest BCUT2D eigenvalue weighted by Gasteiger charge is 2.18. The molecule has 0 atom stereocenters. The van der Waals surface area contributed by atoms with Crippen molar-refractivity contribution in [1.82, 2.24) is 0 Å². The number of rotatable bonds is 4. The van der Waals surface area contributed by atoms with Gasteiger partial charge in [-0.3, -0.25) is 0 Å². The smallest absolute Gasteiger partial charge is 0.119 e. The fraction of sp³-hybridized carbons (Fsp3) is 0.300. The van der Waals surface area contributed by atoms with Gasteiger partial charge in [-0.15, -0.1) is 0 Å². The lowest BCUT2D eigenvalue weighted by molar-refractivity contribution is 0.120. The lowest BCUT2D eigenvalue weighted by Gasteiger charge is -2.26. The van der Waals surface area contributed by atoms with E-state index < -0.39 is 0 Å². The lowest BCUT2D eigenvalue weighted by Crippen LogP contribution is -2.24. The van der Waals surface area contributed by atoms with Crippen LogP contribution in [0.5, 0.6) is 5.75 Å². The largest absolute Gasteiger partial charge is 0.490 e. The molecule has 0 spiro atoms. The second-order valence-electron chi connectivity index (χ2n) is 5.55. The standard InChI is InChI=1S/C20H20O2/c21-15-2-1-4-16-7-9-17(10-8-16)18-11-13-20(14-12-18)22-19-5-3-6-19/h7-14,19,21H,2-3,5-6,15H2. The van der Waals surface area contributed by atoms with Crippen LogP contribution in [0.1, 0.15) is 31.2 Å². The highest BCUT2D eigenvalue weighted by Crippen LogP contribution is 2.27. The van der Waals surface area contributed by atoms with Crippen molar-refractivity contribution in [3.63, 3.8) is 0 Å². The van der Waals surface area contributed by atoms with Crippen LogP contribution in [0.25, 0.3) is 11.1 Å². The molecule has 2 aromatic rings. The molecule has 0 bridgehead atoms. The molecule has 0 amide bonds. The van der Waals surface area contributed by atoms with Gasteiger partial charge < -0.3 is 9.84 Å². The van der Waals surface area contributed by atoms with Gasteiger partial charge >= 0.3 is 0 Å². The minimum Gasteiger partial charge on any atom is -0.490 e. The van der Waals surface area contributed by atoms with Crippen LogP contribution in [-0.2, 0) is 0 Å². The molecule has 0 unspecified atom stereocenters. The summed E-state index contributed by atoms with van der Waals surface area (Å²) >= 11 is 0. The molecule has 0 radical (unpaired) electrons. The maximum Gasteiger partial charge on any atom is 0.119 e. The zero-order chi connectivity index (χ0) is 15.2. The summed E-state index contributed by atoms with van der Waals surface area (Å²) in [5.74, 6) is 6.93. The molecule has 0 aromatic heterocycles. The van der Waals surface area contributed by atoms with Crippen LogP contribution >= 0.6 is 0 Å². The van der Waals surface area contributed by atoms with E-state index in [1.807, 2.05) is 24.3 Å². The van der Waals surface area contributed by atoms with E-state index >= 15 is 0 Å². The average Bonchev–Trinajstić information content (AvgIpc) is 2.53. The molecular formula is C20H20O2. The summed E-state index contributed by atoms with van der Waals surface area (Å²) in [6.45, 7) is 0.111. The van der Waals surface area contributed by atoms with Crippen LogP contribution in [0.3, 0.4) is 0 Å². The van der Waals surface area contributed by atoms with E-state index in [0.717, 1.165) is 11.3 Å². The zero-order valence-electron chi connectivity index (χ0n) is 12.6. The van der Waals surface area contributed by atoms with Crippen molar-refractivity contribution in [3.05, 3.63) is 54.1 Å². The van der Waals surface area contributed by atoms with Crippen molar-refractivity contribution in [2.75, 3.05) is 6.61 Å². The number of ether oxygens (including phenoxy) is 1. The Kier molecular flexibility index (Phi) is 4.78. The van der Waals surface area contributed by atoms with Gasteiger partial charge in [-0.1, -0.05) is 36.1 Å². The summed E-state index contributed by atoms with van der Waals surface area (Å²) in [6.07, 6.45) is 4.59. The van der Waals surface area contributed by atoms with E-state index in [0.29, 0.717) is 12.5 Å². The first-order valence-electron chi connectivity index (χ1n) is 7.82. The zero-order valence-corrected chi connectivity index (χ0v) is 12.6. The molecule has 0 heterocycles. The Morgan fingerprint density at radius 2 is 1.59 bits per heavy atom. The maximum absolute atomic E-state index is 8.72. The lowest BCUT2D eigenvalue weighted by atomic mass is 9.96. The predicted molar refractivity (Wildman–Crippen MR) is 88.7 cm³/mol. The van der Waals surface area contributed by atoms with Crippen LogP contribution in [0.4, 0.5) is 0 Å². The second kappa shape index (κ2) is 7.15. The highest BCUT2D eigenvalue weighted by atomic mass is 16.5. The summed E-state index contributed by atoms with van der Waals surface area (Å²) in [7, 11) is 0. The normalized spacial score (nSPS) is 13.9. The van der Waals surface area contributed by atoms with Gasteiger partial charge in [0.2, 0.25) is 0 Å². The molecule has 1 saturated carbocycles. The van der Waals surface area contributed by atoms with E-state index in [-0.39, 0.29) is 6.61 Å². The molecule has 1 aliphatic carbocycles. The summed E-state index contributed by atoms with van der Waals surface area (Å²) < 4.78 is 5.88. The van der Waals surface area contributed by atoms with Gasteiger partial charge in [-0.25, -0.2) is 0 Å². The third-order valence-electron chi connectivity index (χ3n) is 3.90. The first-order valence-corrected chi connectivity index (χ1v) is 7.82. The van der Waals surface area contributed by atoms with E-state index in [9.17, 15) is 0 Å². The Morgan fingerprint density at radius 1 is 0.955 bits per heavy atom. The summed E-state index contributed by atoms with van der Waals surface area (Å²) in [5.41, 5.74) is 3.32. The van der Waals surface area contributed by atoms with Crippen molar-refractivity contribution < 1.29 is 9.84 Å². The number of aliphatic hydroxyl groups excluding tert-OH is 1. The SMILES string of the molecule is OCCC#Cc1ccc(-c2ccc(OC3CCC3)cc2)cc1. The Hall–Kier alpha value is -2.24. The first kappa shape index (κ1) is 14.7. The monoisotopic (exact) mass is 292 g/mol. The minimum atomic E-state index is 0.111. The molecule has 0 saturated heterocycles. The number of benzene rings is 2. The van der Waals surface area contributed by atoms with E-state index in [1.54, 1.807) is 0 Å². The highest BCUT2D eigenvalue weighted by molar-refractivity contribution is 5.65. The van der Waals surface area contributed by atoms with Crippen LogP contribution in [0.2, 0.25) is 0 Å². The third-order valence-corrected chi connectivity index (χ3v) is 3.90. The van der Waals surface area contributed by atoms with Gasteiger partial charge in [0.15, 0.2) is 0 Å². The van der Waals surface area contributed by atoms with Crippen LogP contribution in [0.15, 0.2) is 48.5 Å². The quantitative estimate of drug-likeness (QED) is 0.862. The van der Waals surface area contributed by atoms with Crippen molar-refractivity contribution in [2.45, 2.75) is 31.8 Å². The number of hydrogen-bond acceptors (Lipinski definition) is 2. The van der Waals surface area contributed by atoms with E-state index in [1.165, 1.54) is 30.4 Å². The van der Waals surface area contributed by atoms with Crippen molar-refractivity contribution in [2.24, 2.45) is 0 Å². The van der Waals surface area contributed by atoms with Crippen molar-refractivity contribution in [1.29, 1.82) is 0 Å². The van der Waals surface area contributed by atoms with Crippen molar-refractivity contribution in [3.8, 4) is 28.7 Å². The molecular weight excluding hydrogens is 272 g/mol. The van der Waals surface area contributed by atoms with Gasteiger partial charge in [0.1, 0.15) is 5.75 Å². The molecule has 1 aliphatic rings. The van der Waals surface area contributed by atoms with Gasteiger partial charge in [0.05, 0.1) is 12.7 Å². The molecule has 2 aromatic carbocycles. The van der Waals surface area contributed by atoms with E-state index in [4.69, 9.17) is 9.84 Å². The minimum absolute atomic E-state index is 0.111. The van der Waals surface area contributed by atoms with Crippen molar-refractivity contribution >= 4 is 0 Å². The molecule has 2 nitrogen and oxygen atoms in total. The van der Waals surface area contributed by atoms with Gasteiger partial charge in [0, 0.05) is 12.0 Å². The Morgan fingerprint density at radius 3 is 2.14 bits per heavy atom. The molecule has 0 aliphatic heterocycles. The molecule has 1 N–H and O–H groups in total. The molecule has 3 rings (SSSR count). The van der Waals surface area contributed by atoms with Crippen LogP contribution < -0.4 is 4.74 Å². The third kappa shape index (κ3) is 3.69. The summed E-state index contributed by atoms with van der Waals surface area (Å²) in [5, 5.41) is 8.72. The average molecular weight is 292 g/mol. The molecule has 112 valence electrons. The fourth-order valence-corrected chi connectivity index (χ4v) is 2.37. The topological polar surface area (TPSA) is 29.5 Å². The van der Waals surface area contributed by atoms with Gasteiger partial charge in [-0.2, -0.15) is 0 Å². The first-order chi connectivity index (χ1) is 10.8. The van der Waals surface area contributed by atoms with Crippen LogP contribution in [0, 0.1) is 11.8 Å². The predicted octanol–water partition coefficient (Wildman–Crippen LogP) is 4.02. The summed E-state index contributed by atoms with van der Waals surface area (Å²) in [4.78, 5) is 0. The maximum atomic E-state index is 8.72. The Bertz CT molecular complexity index is 656. The summed E-state index contributed by atoms with van der Waals surface area (Å²) in [6, 6.07) is 16.5. The molecule has 1 fully saturated rings. The fourth-order valence-electron chi connectivity index (χ4n) is 2.37. The molecule has 2 heteroatoms.